The summed E-state index contributed by atoms with van der Waals surface area (Å²) in [6.45, 7) is 5.04. The Labute approximate surface area is 250 Å². The maximum Gasteiger partial charge on any atom is 0.355 e. The molecule has 3 aromatic rings. The second kappa shape index (κ2) is 13.8. The molecule has 11 nitrogen and oxygen atoms in total. The normalized spacial score (nSPS) is 15.8. The lowest BCUT2D eigenvalue weighted by atomic mass is 10.0. The molecule has 0 saturated heterocycles. The molecule has 0 atom stereocenters. The standard InChI is InChI=1S/C30H31F3N8O3/c1-5-8-23(24-9-11-39(4)38-24)35-10-12-40-29(43)37-28(36-26-14-18(6-2)25(34-7-3)16-27(26)42)41(30(40)44)17-19-13-21(32)22(33)15-20(19)31/h5-6,8-9,11,13-16,42H,7,10,12,17H2,1-4H3,(H,36,37,43)/b8-5-,18-6-,34-25-,35-23+. The van der Waals surface area contributed by atoms with E-state index in [4.69, 9.17) is 0 Å². The van der Waals surface area contributed by atoms with Crippen molar-refractivity contribution in [3.63, 3.8) is 0 Å². The van der Waals surface area contributed by atoms with Crippen LogP contribution in [0.5, 0.6) is 0 Å². The van der Waals surface area contributed by atoms with Crippen LogP contribution in [0.4, 0.5) is 19.1 Å². The highest BCUT2D eigenvalue weighted by Crippen LogP contribution is 2.22. The fourth-order valence-electron chi connectivity index (χ4n) is 4.37. The van der Waals surface area contributed by atoms with Gasteiger partial charge in [-0.15, -0.1) is 0 Å². The second-order valence-corrected chi connectivity index (χ2v) is 9.55. The third-order valence-corrected chi connectivity index (χ3v) is 6.50. The lowest BCUT2D eigenvalue weighted by Crippen LogP contribution is -2.43. The summed E-state index contributed by atoms with van der Waals surface area (Å²) in [6, 6.07) is 2.75. The summed E-state index contributed by atoms with van der Waals surface area (Å²) in [7, 11) is 1.76. The highest BCUT2D eigenvalue weighted by molar-refractivity contribution is 6.12. The number of aliphatic imine (C=N–C) groups is 2. The summed E-state index contributed by atoms with van der Waals surface area (Å²) < 4.78 is 45.7. The Bertz CT molecular complexity index is 1880. The lowest BCUT2D eigenvalue weighted by Gasteiger charge is -2.19. The van der Waals surface area contributed by atoms with Crippen LogP contribution in [0.25, 0.3) is 0 Å². The van der Waals surface area contributed by atoms with Gasteiger partial charge in [-0.05, 0) is 50.6 Å². The van der Waals surface area contributed by atoms with Gasteiger partial charge in [-0.2, -0.15) is 10.1 Å². The van der Waals surface area contributed by atoms with E-state index in [2.05, 4.69) is 25.4 Å². The maximum absolute atomic E-state index is 14.7. The minimum Gasteiger partial charge on any atom is -0.506 e. The largest absolute Gasteiger partial charge is 0.506 e. The number of anilines is 1. The van der Waals surface area contributed by atoms with Crippen molar-refractivity contribution in [2.75, 3.05) is 18.4 Å². The van der Waals surface area contributed by atoms with Crippen LogP contribution >= 0.6 is 0 Å². The highest BCUT2D eigenvalue weighted by Gasteiger charge is 2.21. The Morgan fingerprint density at radius 3 is 2.50 bits per heavy atom. The number of halogens is 3. The number of aromatic nitrogens is 5. The summed E-state index contributed by atoms with van der Waals surface area (Å²) in [6.07, 6.45) is 9.94. The van der Waals surface area contributed by atoms with Crippen molar-refractivity contribution in [2.45, 2.75) is 33.9 Å². The van der Waals surface area contributed by atoms with E-state index in [0.717, 1.165) is 9.13 Å². The molecule has 44 heavy (non-hydrogen) atoms. The van der Waals surface area contributed by atoms with Crippen molar-refractivity contribution < 1.29 is 18.3 Å². The van der Waals surface area contributed by atoms with E-state index in [1.54, 1.807) is 62.1 Å². The van der Waals surface area contributed by atoms with Gasteiger partial charge in [-0.3, -0.25) is 19.2 Å². The topological polar surface area (TPSA) is 132 Å². The Balaban J connectivity index is 1.77. The molecule has 0 unspecified atom stereocenters. The number of nitrogens with zero attached hydrogens (tertiary/aromatic N) is 7. The van der Waals surface area contributed by atoms with E-state index in [1.165, 1.54) is 6.08 Å². The zero-order chi connectivity index (χ0) is 32.0. The summed E-state index contributed by atoms with van der Waals surface area (Å²) in [5.74, 6) is -4.43. The van der Waals surface area contributed by atoms with E-state index in [1.807, 2.05) is 6.92 Å². The van der Waals surface area contributed by atoms with Crippen molar-refractivity contribution in [3.05, 3.63) is 121 Å². The summed E-state index contributed by atoms with van der Waals surface area (Å²) in [5, 5.41) is 17.8. The molecular weight excluding hydrogens is 577 g/mol. The van der Waals surface area contributed by atoms with Gasteiger partial charge in [0.15, 0.2) is 11.6 Å². The molecule has 0 amide bonds. The molecule has 14 heteroatoms. The first kappa shape index (κ1) is 31.7. The van der Waals surface area contributed by atoms with Gasteiger partial charge in [0.2, 0.25) is 5.95 Å². The highest BCUT2D eigenvalue weighted by atomic mass is 19.2. The number of allylic oxidation sites excluding steroid dienone is 6. The van der Waals surface area contributed by atoms with Crippen molar-refractivity contribution in [1.82, 2.24) is 23.9 Å². The van der Waals surface area contributed by atoms with Gasteiger partial charge in [0.1, 0.15) is 17.3 Å². The number of aryl methyl sites for hydroxylation is 1. The van der Waals surface area contributed by atoms with Crippen LogP contribution in [-0.2, 0) is 20.1 Å². The number of hydrogen-bond acceptors (Lipinski definition) is 8. The van der Waals surface area contributed by atoms with Crippen LogP contribution in [0.2, 0.25) is 0 Å². The first-order valence-electron chi connectivity index (χ1n) is 13.7. The second-order valence-electron chi connectivity index (χ2n) is 9.55. The molecule has 2 aromatic heterocycles. The van der Waals surface area contributed by atoms with E-state index in [0.29, 0.717) is 41.4 Å². The van der Waals surface area contributed by atoms with Crippen molar-refractivity contribution in [2.24, 2.45) is 17.0 Å². The van der Waals surface area contributed by atoms with E-state index < -0.39 is 35.4 Å². The van der Waals surface area contributed by atoms with Crippen LogP contribution in [0, 0.1) is 17.5 Å². The van der Waals surface area contributed by atoms with Gasteiger partial charge in [0.25, 0.3) is 0 Å². The fourth-order valence-corrected chi connectivity index (χ4v) is 4.37. The molecule has 1 aliphatic carbocycles. The van der Waals surface area contributed by atoms with Gasteiger partial charge >= 0.3 is 11.4 Å². The number of aliphatic hydroxyl groups is 1. The van der Waals surface area contributed by atoms with Crippen LogP contribution in [0.3, 0.4) is 0 Å². The van der Waals surface area contributed by atoms with E-state index in [-0.39, 0.29) is 36.1 Å². The smallest absolute Gasteiger partial charge is 0.355 e. The third-order valence-electron chi connectivity index (χ3n) is 6.50. The van der Waals surface area contributed by atoms with Crippen molar-refractivity contribution in [1.29, 1.82) is 0 Å². The molecule has 0 fully saturated rings. The molecule has 230 valence electrons. The zero-order valence-electron chi connectivity index (χ0n) is 24.6. The predicted octanol–water partition coefficient (Wildman–Crippen LogP) is 3.83. The Hall–Kier alpha value is -5.27. The maximum atomic E-state index is 14.7. The van der Waals surface area contributed by atoms with Crippen LogP contribution in [0.15, 0.2) is 91.4 Å². The molecule has 0 radical (unpaired) electrons. The fraction of sp³-hybridized carbons (Fsp3) is 0.267. The quantitative estimate of drug-likeness (QED) is 0.266. The van der Waals surface area contributed by atoms with Gasteiger partial charge in [0.05, 0.1) is 36.8 Å². The van der Waals surface area contributed by atoms with E-state index >= 15 is 0 Å². The summed E-state index contributed by atoms with van der Waals surface area (Å²) >= 11 is 0. The minimum absolute atomic E-state index is 0.0156. The van der Waals surface area contributed by atoms with Crippen LogP contribution in [-0.4, -0.2) is 53.5 Å². The predicted molar refractivity (Wildman–Crippen MR) is 162 cm³/mol. The van der Waals surface area contributed by atoms with E-state index in [9.17, 15) is 27.9 Å². The molecule has 0 spiro atoms. The molecule has 2 N–H and O–H groups in total. The average Bonchev–Trinajstić information content (AvgIpc) is 3.42. The molecular formula is C30H31F3N8O3. The average molecular weight is 609 g/mol. The summed E-state index contributed by atoms with van der Waals surface area (Å²) in [4.78, 5) is 39.6. The molecule has 0 aliphatic heterocycles. The molecule has 0 bridgehead atoms. The summed E-state index contributed by atoms with van der Waals surface area (Å²) in [5.41, 5.74) is 0.115. The molecule has 2 heterocycles. The van der Waals surface area contributed by atoms with Crippen molar-refractivity contribution >= 4 is 17.4 Å². The first-order valence-corrected chi connectivity index (χ1v) is 13.7. The zero-order valence-corrected chi connectivity index (χ0v) is 24.6. The van der Waals surface area contributed by atoms with Gasteiger partial charge in [-0.1, -0.05) is 12.2 Å². The molecule has 1 aromatic carbocycles. The first-order chi connectivity index (χ1) is 21.1. The monoisotopic (exact) mass is 608 g/mol. The van der Waals surface area contributed by atoms with Gasteiger partial charge in [0, 0.05) is 37.5 Å². The van der Waals surface area contributed by atoms with Crippen LogP contribution < -0.4 is 16.7 Å². The SMILES string of the molecule is C/C=C\C(=N/CCn1c(=O)nc(NC2=CC(=C/C)/C(=N\CC)C=C2O)n(Cc2cc(F)c(F)cc2F)c1=O)c1ccn(C)n1. The Kier molecular flexibility index (Phi) is 9.93. The minimum atomic E-state index is -1.39. The molecule has 1 aliphatic rings. The van der Waals surface area contributed by atoms with Crippen LogP contribution in [0.1, 0.15) is 32.0 Å². The van der Waals surface area contributed by atoms with Gasteiger partial charge < -0.3 is 10.4 Å². The number of rotatable bonds is 10. The number of nitrogens with one attached hydrogen (secondary N) is 1. The third kappa shape index (κ3) is 7.02. The number of benzene rings is 1. The number of hydrogen-bond donors (Lipinski definition) is 2. The van der Waals surface area contributed by atoms with Gasteiger partial charge in [-0.25, -0.2) is 27.3 Å². The molecule has 0 saturated carbocycles. The molecule has 4 rings (SSSR count). The van der Waals surface area contributed by atoms with Crippen molar-refractivity contribution in [3.8, 4) is 0 Å². The number of aliphatic hydroxyl groups excluding tert-OH is 1. The lowest BCUT2D eigenvalue weighted by molar-refractivity contribution is 0.424. The Morgan fingerprint density at radius 1 is 1.09 bits per heavy atom. The Morgan fingerprint density at radius 2 is 1.84 bits per heavy atom.